The lowest BCUT2D eigenvalue weighted by Gasteiger charge is -2.24. The Balaban J connectivity index is 2.33. The molecular weight excluding hydrogens is 266 g/mol. The number of aromatic hydroxyl groups is 1. The number of hydrogen-bond acceptors (Lipinski definition) is 4. The van der Waals surface area contributed by atoms with Crippen LogP contribution < -0.4 is 4.90 Å². The van der Waals surface area contributed by atoms with Crippen LogP contribution in [0.3, 0.4) is 0 Å². The maximum absolute atomic E-state index is 11.2. The predicted octanol–water partition coefficient (Wildman–Crippen LogP) is 3.73. The highest BCUT2D eigenvalue weighted by Crippen LogP contribution is 2.21. The Morgan fingerprint density at radius 2 is 2.00 bits per heavy atom. The highest BCUT2D eigenvalue weighted by molar-refractivity contribution is 5.69. The molecule has 0 fully saturated rings. The minimum absolute atomic E-state index is 0.101. The highest BCUT2D eigenvalue weighted by Gasteiger charge is 2.06. The molecule has 1 aromatic rings. The third-order valence-corrected chi connectivity index (χ3v) is 3.30. The summed E-state index contributed by atoms with van der Waals surface area (Å²) in [5.41, 5.74) is 1.06. The van der Waals surface area contributed by atoms with Gasteiger partial charge >= 0.3 is 5.97 Å². The van der Waals surface area contributed by atoms with Crippen LogP contribution in [0.25, 0.3) is 0 Å². The van der Waals surface area contributed by atoms with Crippen LogP contribution in [0, 0.1) is 0 Å². The first-order valence-corrected chi connectivity index (χ1v) is 7.87. The molecule has 0 saturated heterocycles. The summed E-state index contributed by atoms with van der Waals surface area (Å²) in [6, 6.07) is 7.38. The molecular formula is C17H27NO3. The Morgan fingerprint density at radius 1 is 1.19 bits per heavy atom. The smallest absolute Gasteiger partial charge is 0.305 e. The summed E-state index contributed by atoms with van der Waals surface area (Å²) in [5, 5.41) is 9.57. The van der Waals surface area contributed by atoms with Gasteiger partial charge in [-0.25, -0.2) is 0 Å². The second kappa shape index (κ2) is 10.1. The largest absolute Gasteiger partial charge is 0.508 e. The monoisotopic (exact) mass is 293 g/mol. The lowest BCUT2D eigenvalue weighted by atomic mass is 10.1. The normalized spacial score (nSPS) is 10.4. The van der Waals surface area contributed by atoms with Gasteiger partial charge in [-0.2, -0.15) is 0 Å². The highest BCUT2D eigenvalue weighted by atomic mass is 16.5. The van der Waals surface area contributed by atoms with Gasteiger partial charge in [-0.3, -0.25) is 4.79 Å². The Bertz CT molecular complexity index is 420. The first-order valence-electron chi connectivity index (χ1n) is 7.87. The van der Waals surface area contributed by atoms with Crippen molar-refractivity contribution in [3.05, 3.63) is 24.3 Å². The molecule has 0 amide bonds. The lowest BCUT2D eigenvalue weighted by molar-refractivity contribution is -0.143. The van der Waals surface area contributed by atoms with Gasteiger partial charge in [0.05, 0.1) is 6.61 Å². The van der Waals surface area contributed by atoms with Gasteiger partial charge in [0.15, 0.2) is 0 Å². The van der Waals surface area contributed by atoms with Crippen LogP contribution in [0.5, 0.6) is 5.75 Å². The van der Waals surface area contributed by atoms with Crippen molar-refractivity contribution >= 4 is 11.7 Å². The van der Waals surface area contributed by atoms with E-state index in [4.69, 9.17) is 4.74 Å². The third kappa shape index (κ3) is 7.02. The first kappa shape index (κ1) is 17.3. The Morgan fingerprint density at radius 3 is 2.67 bits per heavy atom. The number of carbonyl (C=O) groups excluding carboxylic acids is 1. The van der Waals surface area contributed by atoms with Crippen molar-refractivity contribution in [1.29, 1.82) is 0 Å². The van der Waals surface area contributed by atoms with Gasteiger partial charge in [-0.15, -0.1) is 0 Å². The Kier molecular flexibility index (Phi) is 8.32. The Hall–Kier alpha value is -1.71. The van der Waals surface area contributed by atoms with E-state index in [0.717, 1.165) is 44.5 Å². The van der Waals surface area contributed by atoms with E-state index in [2.05, 4.69) is 11.8 Å². The maximum Gasteiger partial charge on any atom is 0.305 e. The summed E-state index contributed by atoms with van der Waals surface area (Å²) < 4.78 is 4.91. The number of benzene rings is 1. The molecule has 4 heteroatoms. The number of nitrogens with zero attached hydrogens (tertiary/aromatic N) is 1. The van der Waals surface area contributed by atoms with Crippen LogP contribution in [0.15, 0.2) is 24.3 Å². The van der Waals surface area contributed by atoms with E-state index in [1.54, 1.807) is 12.1 Å². The quantitative estimate of drug-likeness (QED) is 0.527. The minimum atomic E-state index is -0.101. The second-order valence-corrected chi connectivity index (χ2v) is 5.12. The molecule has 0 heterocycles. The molecule has 0 bridgehead atoms. The summed E-state index contributed by atoms with van der Waals surface area (Å²) in [4.78, 5) is 13.5. The number of carbonyl (C=O) groups is 1. The zero-order valence-corrected chi connectivity index (χ0v) is 13.2. The summed E-state index contributed by atoms with van der Waals surface area (Å²) >= 11 is 0. The number of ether oxygens (including phenoxy) is 1. The summed E-state index contributed by atoms with van der Waals surface area (Å²) in [6.07, 6.45) is 4.50. The van der Waals surface area contributed by atoms with Crippen molar-refractivity contribution in [2.45, 2.75) is 46.0 Å². The molecule has 0 aromatic heterocycles. The van der Waals surface area contributed by atoms with Crippen LogP contribution in [0.1, 0.15) is 46.0 Å². The van der Waals surface area contributed by atoms with E-state index in [0.29, 0.717) is 18.8 Å². The van der Waals surface area contributed by atoms with E-state index in [1.165, 1.54) is 0 Å². The van der Waals surface area contributed by atoms with Crippen molar-refractivity contribution in [2.24, 2.45) is 0 Å². The van der Waals surface area contributed by atoms with Gasteiger partial charge in [0.2, 0.25) is 0 Å². The number of anilines is 1. The van der Waals surface area contributed by atoms with Crippen LogP contribution in [0.4, 0.5) is 5.69 Å². The van der Waals surface area contributed by atoms with Gasteiger partial charge in [0.1, 0.15) is 5.75 Å². The number of hydrogen-bond donors (Lipinski definition) is 1. The fourth-order valence-corrected chi connectivity index (χ4v) is 2.31. The molecule has 4 nitrogen and oxygen atoms in total. The SMILES string of the molecule is CCCN(CCCCCC(=O)OCC)c1cccc(O)c1. The molecule has 0 spiro atoms. The molecule has 21 heavy (non-hydrogen) atoms. The molecule has 0 unspecified atom stereocenters. The van der Waals surface area contributed by atoms with E-state index in [1.807, 2.05) is 19.1 Å². The molecule has 1 N–H and O–H groups in total. The standard InChI is InChI=1S/C17H27NO3/c1-3-12-18(15-9-8-10-16(19)14-15)13-7-5-6-11-17(20)21-4-2/h8-10,14,19H,3-7,11-13H2,1-2H3. The predicted molar refractivity (Wildman–Crippen MR) is 85.7 cm³/mol. The molecule has 0 atom stereocenters. The summed E-state index contributed by atoms with van der Waals surface area (Å²) in [6.45, 7) is 6.36. The van der Waals surface area contributed by atoms with Crippen LogP contribution in [-0.2, 0) is 9.53 Å². The van der Waals surface area contributed by atoms with E-state index < -0.39 is 0 Å². The zero-order chi connectivity index (χ0) is 15.5. The number of rotatable bonds is 10. The fourth-order valence-electron chi connectivity index (χ4n) is 2.31. The van der Waals surface area contributed by atoms with Crippen molar-refractivity contribution < 1.29 is 14.6 Å². The minimum Gasteiger partial charge on any atom is -0.508 e. The molecule has 1 aromatic carbocycles. The van der Waals surface area contributed by atoms with Crippen molar-refractivity contribution in [3.63, 3.8) is 0 Å². The molecule has 0 aliphatic rings. The zero-order valence-electron chi connectivity index (χ0n) is 13.2. The topological polar surface area (TPSA) is 49.8 Å². The summed E-state index contributed by atoms with van der Waals surface area (Å²) in [5.74, 6) is 0.201. The molecule has 1 rings (SSSR count). The lowest BCUT2D eigenvalue weighted by Crippen LogP contribution is -2.25. The van der Waals surface area contributed by atoms with Gasteiger partial charge in [0.25, 0.3) is 0 Å². The average Bonchev–Trinajstić information content (AvgIpc) is 2.46. The van der Waals surface area contributed by atoms with Crippen LogP contribution in [-0.4, -0.2) is 30.8 Å². The molecule has 0 aliphatic carbocycles. The Labute approximate surface area is 127 Å². The number of phenolic OH excluding ortho intramolecular Hbond substituents is 1. The molecule has 0 radical (unpaired) electrons. The number of unbranched alkanes of at least 4 members (excludes halogenated alkanes) is 2. The molecule has 0 aliphatic heterocycles. The van der Waals surface area contributed by atoms with E-state index >= 15 is 0 Å². The van der Waals surface area contributed by atoms with Crippen molar-refractivity contribution in [1.82, 2.24) is 0 Å². The van der Waals surface area contributed by atoms with Crippen LogP contribution in [0.2, 0.25) is 0 Å². The van der Waals surface area contributed by atoms with E-state index in [-0.39, 0.29) is 5.97 Å². The first-order chi connectivity index (χ1) is 10.2. The second-order valence-electron chi connectivity index (χ2n) is 5.12. The van der Waals surface area contributed by atoms with Gasteiger partial charge < -0.3 is 14.7 Å². The molecule has 118 valence electrons. The summed E-state index contributed by atoms with van der Waals surface area (Å²) in [7, 11) is 0. The number of phenols is 1. The van der Waals surface area contributed by atoms with Gasteiger partial charge in [-0.05, 0) is 38.3 Å². The van der Waals surface area contributed by atoms with E-state index in [9.17, 15) is 9.90 Å². The number of esters is 1. The average molecular weight is 293 g/mol. The van der Waals surface area contributed by atoms with Crippen LogP contribution >= 0.6 is 0 Å². The fraction of sp³-hybridized carbons (Fsp3) is 0.588. The van der Waals surface area contributed by atoms with Crippen molar-refractivity contribution in [3.8, 4) is 5.75 Å². The van der Waals surface area contributed by atoms with Gasteiger partial charge in [-0.1, -0.05) is 19.4 Å². The van der Waals surface area contributed by atoms with Crippen molar-refractivity contribution in [2.75, 3.05) is 24.6 Å². The maximum atomic E-state index is 11.2. The third-order valence-electron chi connectivity index (χ3n) is 3.30. The molecule has 0 saturated carbocycles. The van der Waals surface area contributed by atoms with Gasteiger partial charge in [0, 0.05) is 31.3 Å².